The molecule has 2 N–H and O–H groups in total. The van der Waals surface area contributed by atoms with Crippen LogP contribution in [-0.4, -0.2) is 29.9 Å². The Labute approximate surface area is 134 Å². The van der Waals surface area contributed by atoms with Crippen molar-refractivity contribution in [3.05, 3.63) is 35.4 Å². The molecule has 1 heterocycles. The smallest absolute Gasteiger partial charge is 0.226 e. The van der Waals surface area contributed by atoms with E-state index < -0.39 is 0 Å². The highest BCUT2D eigenvalue weighted by Crippen LogP contribution is 2.19. The van der Waals surface area contributed by atoms with Crippen molar-refractivity contribution in [1.82, 2.24) is 4.90 Å². The highest BCUT2D eigenvalue weighted by atomic mass is 35.5. The van der Waals surface area contributed by atoms with Crippen molar-refractivity contribution in [3.8, 4) is 0 Å². The van der Waals surface area contributed by atoms with Gasteiger partial charge < -0.3 is 10.6 Å². The highest BCUT2D eigenvalue weighted by molar-refractivity contribution is 5.85. The molecule has 0 aliphatic carbocycles. The van der Waals surface area contributed by atoms with Crippen molar-refractivity contribution in [1.29, 1.82) is 0 Å². The van der Waals surface area contributed by atoms with Crippen LogP contribution in [0.25, 0.3) is 0 Å². The van der Waals surface area contributed by atoms with Crippen molar-refractivity contribution in [2.75, 3.05) is 13.1 Å². The van der Waals surface area contributed by atoms with Crippen molar-refractivity contribution >= 4 is 18.3 Å². The number of benzene rings is 1. The maximum atomic E-state index is 12.4. The van der Waals surface area contributed by atoms with Gasteiger partial charge in [0.05, 0.1) is 6.42 Å². The summed E-state index contributed by atoms with van der Waals surface area (Å²) in [6, 6.07) is 8.55. The molecular weight excluding hydrogens is 284 g/mol. The Morgan fingerprint density at radius 2 is 1.95 bits per heavy atom. The van der Waals surface area contributed by atoms with Crippen LogP contribution in [0.5, 0.6) is 0 Å². The number of nitrogens with zero attached hydrogens (tertiary/aromatic N) is 1. The van der Waals surface area contributed by atoms with E-state index in [9.17, 15) is 4.79 Å². The topological polar surface area (TPSA) is 46.3 Å². The van der Waals surface area contributed by atoms with Gasteiger partial charge in [0.1, 0.15) is 0 Å². The van der Waals surface area contributed by atoms with Gasteiger partial charge in [-0.1, -0.05) is 31.2 Å². The maximum Gasteiger partial charge on any atom is 0.226 e. The van der Waals surface area contributed by atoms with Crippen LogP contribution >= 0.6 is 12.4 Å². The van der Waals surface area contributed by atoms with Gasteiger partial charge in [-0.3, -0.25) is 4.79 Å². The van der Waals surface area contributed by atoms with E-state index in [4.69, 9.17) is 5.73 Å². The lowest BCUT2D eigenvalue weighted by atomic mass is 9.92. The molecule has 3 nitrogen and oxygen atoms in total. The zero-order valence-corrected chi connectivity index (χ0v) is 13.9. The van der Waals surface area contributed by atoms with Crippen molar-refractivity contribution in [2.45, 2.75) is 45.6 Å². The van der Waals surface area contributed by atoms with Crippen LogP contribution in [0, 0.1) is 5.92 Å². The molecule has 0 bridgehead atoms. The van der Waals surface area contributed by atoms with E-state index in [0.717, 1.165) is 37.9 Å². The number of carbonyl (C=O) groups excluding carboxylic acids is 1. The summed E-state index contributed by atoms with van der Waals surface area (Å²) in [6.45, 7) is 5.89. The molecule has 0 spiro atoms. The fraction of sp³-hybridized carbons (Fsp3) is 0.588. The van der Waals surface area contributed by atoms with Gasteiger partial charge in [0.2, 0.25) is 5.91 Å². The maximum absolute atomic E-state index is 12.4. The second kappa shape index (κ2) is 8.40. The predicted octanol–water partition coefficient (Wildman–Crippen LogP) is 2.80. The number of halogens is 1. The molecule has 1 fully saturated rings. The Bertz CT molecular complexity index is 445. The van der Waals surface area contributed by atoms with Gasteiger partial charge in [-0.15, -0.1) is 12.4 Å². The fourth-order valence-corrected chi connectivity index (χ4v) is 2.84. The van der Waals surface area contributed by atoms with E-state index in [2.05, 4.69) is 31.2 Å². The van der Waals surface area contributed by atoms with Gasteiger partial charge in [0.25, 0.3) is 0 Å². The van der Waals surface area contributed by atoms with E-state index in [-0.39, 0.29) is 24.4 Å². The predicted molar refractivity (Wildman–Crippen MR) is 89.7 cm³/mol. The number of aryl methyl sites for hydroxylation is 1. The summed E-state index contributed by atoms with van der Waals surface area (Å²) in [4.78, 5) is 14.4. The molecule has 1 amide bonds. The zero-order chi connectivity index (χ0) is 14.5. The number of piperidine rings is 1. The second-order valence-corrected chi connectivity index (χ2v) is 5.95. The molecule has 1 aliphatic heterocycles. The van der Waals surface area contributed by atoms with E-state index in [1.165, 1.54) is 5.56 Å². The number of hydrogen-bond acceptors (Lipinski definition) is 2. The number of amides is 1. The second-order valence-electron chi connectivity index (χ2n) is 5.95. The SMILES string of the molecule is CCc1ccc(CC(=O)N2CCCC(C(C)N)C2)cc1.Cl. The van der Waals surface area contributed by atoms with Gasteiger partial charge in [0, 0.05) is 19.1 Å². The van der Waals surface area contributed by atoms with Gasteiger partial charge in [-0.2, -0.15) is 0 Å². The molecule has 118 valence electrons. The average molecular weight is 311 g/mol. The highest BCUT2D eigenvalue weighted by Gasteiger charge is 2.25. The third-order valence-corrected chi connectivity index (χ3v) is 4.34. The van der Waals surface area contributed by atoms with E-state index >= 15 is 0 Å². The molecule has 21 heavy (non-hydrogen) atoms. The van der Waals surface area contributed by atoms with Crippen LogP contribution in [0.3, 0.4) is 0 Å². The molecular formula is C17H27ClN2O. The van der Waals surface area contributed by atoms with Crippen molar-refractivity contribution in [2.24, 2.45) is 11.7 Å². The molecule has 2 unspecified atom stereocenters. The third kappa shape index (κ3) is 5.01. The Morgan fingerprint density at radius 1 is 1.33 bits per heavy atom. The molecule has 0 radical (unpaired) electrons. The minimum atomic E-state index is 0. The number of hydrogen-bond donors (Lipinski definition) is 1. The molecule has 1 aromatic rings. The van der Waals surface area contributed by atoms with Crippen LogP contribution in [0.15, 0.2) is 24.3 Å². The Hall–Kier alpha value is -1.06. The van der Waals surface area contributed by atoms with Gasteiger partial charge in [-0.25, -0.2) is 0 Å². The van der Waals surface area contributed by atoms with Crippen molar-refractivity contribution in [3.63, 3.8) is 0 Å². The molecule has 2 atom stereocenters. The minimum absolute atomic E-state index is 0. The lowest BCUT2D eigenvalue weighted by Crippen LogP contribution is -2.45. The monoisotopic (exact) mass is 310 g/mol. The van der Waals surface area contributed by atoms with E-state index in [1.807, 2.05) is 11.8 Å². The van der Waals surface area contributed by atoms with Gasteiger partial charge >= 0.3 is 0 Å². The summed E-state index contributed by atoms with van der Waals surface area (Å²) in [5.74, 6) is 0.690. The van der Waals surface area contributed by atoms with Crippen LogP contribution in [0.2, 0.25) is 0 Å². The lowest BCUT2D eigenvalue weighted by Gasteiger charge is -2.34. The van der Waals surface area contributed by atoms with Crippen LogP contribution in [0.4, 0.5) is 0 Å². The zero-order valence-electron chi connectivity index (χ0n) is 13.0. The summed E-state index contributed by atoms with van der Waals surface area (Å²) in [5, 5.41) is 0. The number of likely N-dealkylation sites (tertiary alicyclic amines) is 1. The molecule has 0 aromatic heterocycles. The Balaban J connectivity index is 0.00000220. The summed E-state index contributed by atoms with van der Waals surface area (Å²) in [5.41, 5.74) is 8.40. The van der Waals surface area contributed by atoms with E-state index in [1.54, 1.807) is 0 Å². The largest absolute Gasteiger partial charge is 0.342 e. The first-order valence-corrected chi connectivity index (χ1v) is 7.71. The molecule has 1 saturated heterocycles. The van der Waals surface area contributed by atoms with Gasteiger partial charge in [0.15, 0.2) is 0 Å². The van der Waals surface area contributed by atoms with E-state index in [0.29, 0.717) is 12.3 Å². The quantitative estimate of drug-likeness (QED) is 0.929. The van der Waals surface area contributed by atoms with Crippen molar-refractivity contribution < 1.29 is 4.79 Å². The number of nitrogens with two attached hydrogens (primary N) is 1. The summed E-state index contributed by atoms with van der Waals surface area (Å²) in [6.07, 6.45) is 3.77. The molecule has 1 aliphatic rings. The van der Waals surface area contributed by atoms with Gasteiger partial charge in [-0.05, 0) is 43.2 Å². The first kappa shape index (κ1) is 18.0. The first-order valence-electron chi connectivity index (χ1n) is 7.71. The van der Waals surface area contributed by atoms with Crippen LogP contribution in [-0.2, 0) is 17.6 Å². The molecule has 2 rings (SSSR count). The summed E-state index contributed by atoms with van der Waals surface area (Å²) < 4.78 is 0. The minimum Gasteiger partial charge on any atom is -0.342 e. The summed E-state index contributed by atoms with van der Waals surface area (Å²) >= 11 is 0. The normalized spacial score (nSPS) is 19.8. The third-order valence-electron chi connectivity index (χ3n) is 4.34. The Kier molecular flexibility index (Phi) is 7.20. The summed E-state index contributed by atoms with van der Waals surface area (Å²) in [7, 11) is 0. The van der Waals surface area contributed by atoms with Crippen LogP contribution in [0.1, 0.15) is 37.8 Å². The molecule has 0 saturated carbocycles. The first-order chi connectivity index (χ1) is 9.60. The lowest BCUT2D eigenvalue weighted by molar-refractivity contribution is -0.132. The fourth-order valence-electron chi connectivity index (χ4n) is 2.84. The number of rotatable bonds is 4. The molecule has 1 aromatic carbocycles. The van der Waals surface area contributed by atoms with Crippen LogP contribution < -0.4 is 5.73 Å². The average Bonchev–Trinajstić information content (AvgIpc) is 2.48. The number of carbonyl (C=O) groups is 1. The Morgan fingerprint density at radius 3 is 2.52 bits per heavy atom. The standard InChI is InChI=1S/C17H26N2O.ClH/c1-3-14-6-8-15(9-7-14)11-17(20)19-10-4-5-16(12-19)13(2)18;/h6-9,13,16H,3-5,10-12,18H2,1-2H3;1H. The molecule has 4 heteroatoms.